The van der Waals surface area contributed by atoms with Crippen molar-refractivity contribution in [2.75, 3.05) is 12.3 Å². The zero-order valence-electron chi connectivity index (χ0n) is 12.6. The van der Waals surface area contributed by atoms with Gasteiger partial charge in [0.15, 0.2) is 0 Å². The molecule has 1 nitrogen and oxygen atoms in total. The van der Waals surface area contributed by atoms with Crippen molar-refractivity contribution in [3.05, 3.63) is 64.7 Å². The van der Waals surface area contributed by atoms with E-state index in [-0.39, 0.29) is 0 Å². The summed E-state index contributed by atoms with van der Waals surface area (Å²) >= 11 is 8.15. The van der Waals surface area contributed by atoms with E-state index in [1.165, 1.54) is 10.5 Å². The number of nitrogens with one attached hydrogen (secondary N) is 1. The molecule has 21 heavy (non-hydrogen) atoms. The Kier molecular flexibility index (Phi) is 6.62. The molecule has 0 saturated carbocycles. The van der Waals surface area contributed by atoms with Gasteiger partial charge in [-0.2, -0.15) is 0 Å². The Hall–Kier alpha value is -0.960. The van der Waals surface area contributed by atoms with Crippen molar-refractivity contribution in [1.29, 1.82) is 0 Å². The third-order valence-electron chi connectivity index (χ3n) is 3.40. The van der Waals surface area contributed by atoms with Crippen molar-refractivity contribution < 1.29 is 0 Å². The smallest absolute Gasteiger partial charge is 0.0438 e. The highest BCUT2D eigenvalue weighted by atomic mass is 35.5. The van der Waals surface area contributed by atoms with E-state index in [1.54, 1.807) is 0 Å². The maximum Gasteiger partial charge on any atom is 0.0438 e. The van der Waals surface area contributed by atoms with Gasteiger partial charge in [0.05, 0.1) is 0 Å². The van der Waals surface area contributed by atoms with Crippen LogP contribution in [0.1, 0.15) is 30.5 Å². The average Bonchev–Trinajstić information content (AvgIpc) is 2.51. The minimum absolute atomic E-state index is 0.327. The summed E-state index contributed by atoms with van der Waals surface area (Å²) in [5, 5.41) is 4.47. The molecule has 1 N–H and O–H groups in total. The maximum absolute atomic E-state index is 6.27. The monoisotopic (exact) mass is 319 g/mol. The summed E-state index contributed by atoms with van der Waals surface area (Å²) in [7, 11) is 0. The molecule has 112 valence electrons. The van der Waals surface area contributed by atoms with Crippen LogP contribution in [-0.4, -0.2) is 12.3 Å². The fourth-order valence-corrected chi connectivity index (χ4v) is 3.32. The number of halogens is 1. The summed E-state index contributed by atoms with van der Waals surface area (Å²) in [5.41, 5.74) is 2.40. The first-order valence-electron chi connectivity index (χ1n) is 7.38. The van der Waals surface area contributed by atoms with E-state index in [4.69, 9.17) is 11.6 Å². The van der Waals surface area contributed by atoms with Crippen LogP contribution in [-0.2, 0) is 0 Å². The molecule has 0 saturated heterocycles. The van der Waals surface area contributed by atoms with Crippen LogP contribution in [0.25, 0.3) is 0 Å². The van der Waals surface area contributed by atoms with Crippen molar-refractivity contribution in [1.82, 2.24) is 5.32 Å². The zero-order valence-corrected chi connectivity index (χ0v) is 14.2. The second-order valence-electron chi connectivity index (χ2n) is 5.14. The number of rotatable bonds is 7. The summed E-state index contributed by atoms with van der Waals surface area (Å²) in [4.78, 5) is 1.30. The Labute approximate surface area is 137 Å². The summed E-state index contributed by atoms with van der Waals surface area (Å²) in [6.45, 7) is 5.25. The van der Waals surface area contributed by atoms with Crippen molar-refractivity contribution in [3.8, 4) is 0 Å². The molecule has 2 rings (SSSR count). The van der Waals surface area contributed by atoms with Crippen LogP contribution in [0, 0.1) is 6.92 Å². The Morgan fingerprint density at radius 3 is 2.57 bits per heavy atom. The highest BCUT2D eigenvalue weighted by molar-refractivity contribution is 7.99. The average molecular weight is 320 g/mol. The maximum atomic E-state index is 6.27. The highest BCUT2D eigenvalue weighted by Crippen LogP contribution is 2.27. The molecule has 0 aliphatic rings. The predicted octanol–water partition coefficient (Wildman–Crippen LogP) is 5.48. The van der Waals surface area contributed by atoms with Gasteiger partial charge in [0, 0.05) is 21.7 Å². The standard InChI is InChI=1S/C18H22ClNS/c1-3-11-20-18(13-21-16-7-5-4-6-8-16)15-10-9-14(2)17(19)12-15/h4-10,12,18,20H,3,11,13H2,1-2H3. The molecule has 0 fully saturated rings. The van der Waals surface area contributed by atoms with Crippen LogP contribution < -0.4 is 5.32 Å². The second kappa shape index (κ2) is 8.47. The van der Waals surface area contributed by atoms with Crippen LogP contribution in [0.15, 0.2) is 53.4 Å². The van der Waals surface area contributed by atoms with Gasteiger partial charge in [0.25, 0.3) is 0 Å². The second-order valence-corrected chi connectivity index (χ2v) is 6.64. The number of benzene rings is 2. The lowest BCUT2D eigenvalue weighted by Gasteiger charge is -2.19. The third kappa shape index (κ3) is 5.06. The number of thioether (sulfide) groups is 1. The van der Waals surface area contributed by atoms with Crippen LogP contribution in [0.4, 0.5) is 0 Å². The van der Waals surface area contributed by atoms with Gasteiger partial charge in [-0.25, -0.2) is 0 Å². The topological polar surface area (TPSA) is 12.0 Å². The van der Waals surface area contributed by atoms with E-state index >= 15 is 0 Å². The van der Waals surface area contributed by atoms with Crippen molar-refractivity contribution in [2.45, 2.75) is 31.2 Å². The van der Waals surface area contributed by atoms with E-state index < -0.39 is 0 Å². The molecule has 2 aromatic rings. The summed E-state index contributed by atoms with van der Waals surface area (Å²) < 4.78 is 0. The molecule has 0 aromatic heterocycles. The Morgan fingerprint density at radius 2 is 1.90 bits per heavy atom. The Morgan fingerprint density at radius 1 is 1.14 bits per heavy atom. The van der Waals surface area contributed by atoms with E-state index in [2.05, 4.69) is 60.8 Å². The molecule has 0 radical (unpaired) electrons. The largest absolute Gasteiger partial charge is 0.309 e. The van der Waals surface area contributed by atoms with Gasteiger partial charge < -0.3 is 5.32 Å². The fraction of sp³-hybridized carbons (Fsp3) is 0.333. The van der Waals surface area contributed by atoms with Gasteiger partial charge in [-0.3, -0.25) is 0 Å². The minimum Gasteiger partial charge on any atom is -0.309 e. The van der Waals surface area contributed by atoms with Gasteiger partial charge in [0.2, 0.25) is 0 Å². The molecule has 0 aliphatic heterocycles. The minimum atomic E-state index is 0.327. The van der Waals surface area contributed by atoms with E-state index in [0.717, 1.165) is 29.3 Å². The molecule has 1 unspecified atom stereocenters. The quantitative estimate of drug-likeness (QED) is 0.678. The van der Waals surface area contributed by atoms with Gasteiger partial charge in [-0.05, 0) is 49.2 Å². The van der Waals surface area contributed by atoms with Crippen molar-refractivity contribution >= 4 is 23.4 Å². The highest BCUT2D eigenvalue weighted by Gasteiger charge is 2.12. The number of hydrogen-bond acceptors (Lipinski definition) is 2. The first kappa shape index (κ1) is 16.4. The lowest BCUT2D eigenvalue weighted by Crippen LogP contribution is -2.24. The fourth-order valence-electron chi connectivity index (χ4n) is 2.11. The molecule has 2 aromatic carbocycles. The Balaban J connectivity index is 2.08. The molecule has 0 heterocycles. The van der Waals surface area contributed by atoms with Crippen LogP contribution in [0.3, 0.4) is 0 Å². The van der Waals surface area contributed by atoms with Crippen LogP contribution in [0.5, 0.6) is 0 Å². The van der Waals surface area contributed by atoms with Crippen molar-refractivity contribution in [3.63, 3.8) is 0 Å². The van der Waals surface area contributed by atoms with Crippen LogP contribution in [0.2, 0.25) is 5.02 Å². The normalized spacial score (nSPS) is 12.3. The van der Waals surface area contributed by atoms with Gasteiger partial charge >= 0.3 is 0 Å². The molecule has 1 atom stereocenters. The lowest BCUT2D eigenvalue weighted by molar-refractivity contribution is 0.577. The Bertz CT molecular complexity index is 556. The molecular weight excluding hydrogens is 298 g/mol. The molecule has 3 heteroatoms. The van der Waals surface area contributed by atoms with Gasteiger partial charge in [-0.1, -0.05) is 48.9 Å². The lowest BCUT2D eigenvalue weighted by atomic mass is 10.1. The molecule has 0 bridgehead atoms. The molecule has 0 spiro atoms. The van der Waals surface area contributed by atoms with Crippen LogP contribution >= 0.6 is 23.4 Å². The molecule has 0 amide bonds. The van der Waals surface area contributed by atoms with E-state index in [0.29, 0.717) is 6.04 Å². The molecular formula is C18H22ClNS. The van der Waals surface area contributed by atoms with Gasteiger partial charge in [0.1, 0.15) is 0 Å². The summed E-state index contributed by atoms with van der Waals surface area (Å²) in [6, 6.07) is 17.2. The van der Waals surface area contributed by atoms with E-state index in [9.17, 15) is 0 Å². The third-order valence-corrected chi connectivity index (χ3v) is 4.91. The number of aryl methyl sites for hydroxylation is 1. The summed E-state index contributed by atoms with van der Waals surface area (Å²) in [5.74, 6) is 1.00. The first-order chi connectivity index (χ1) is 10.2. The van der Waals surface area contributed by atoms with Gasteiger partial charge in [-0.15, -0.1) is 11.8 Å². The van der Waals surface area contributed by atoms with Crippen molar-refractivity contribution in [2.24, 2.45) is 0 Å². The first-order valence-corrected chi connectivity index (χ1v) is 8.74. The zero-order chi connectivity index (χ0) is 15.1. The summed E-state index contributed by atoms with van der Waals surface area (Å²) in [6.07, 6.45) is 1.13. The SMILES string of the molecule is CCCNC(CSc1ccccc1)c1ccc(C)c(Cl)c1. The predicted molar refractivity (Wildman–Crippen MR) is 94.4 cm³/mol. The number of hydrogen-bond donors (Lipinski definition) is 1. The van der Waals surface area contributed by atoms with E-state index in [1.807, 2.05) is 18.7 Å². The molecule has 0 aliphatic carbocycles.